The standard InChI is InChI=1S/C41H26BNO2/c1-3-8-27(9-4-1)31-14-17-37-35(25-31)42-36-26-32(28-10-5-2-6-11-28)15-18-38(36)45-41-34(16-19-39(44-37)40(41)42)33-13-7-12-30(24-33)29-20-22-43-23-21-29/h1-26H. The highest BCUT2D eigenvalue weighted by Gasteiger charge is 2.41. The summed E-state index contributed by atoms with van der Waals surface area (Å²) in [6.45, 7) is -0.0573. The first-order chi connectivity index (χ1) is 22.3. The van der Waals surface area contributed by atoms with E-state index in [1.165, 1.54) is 11.1 Å². The fourth-order valence-corrected chi connectivity index (χ4v) is 6.75. The number of hydrogen-bond acceptors (Lipinski definition) is 3. The molecule has 6 aromatic carbocycles. The van der Waals surface area contributed by atoms with Gasteiger partial charge in [-0.1, -0.05) is 103 Å². The molecule has 3 nitrogen and oxygen atoms in total. The van der Waals surface area contributed by atoms with Crippen LogP contribution in [0.4, 0.5) is 0 Å². The van der Waals surface area contributed by atoms with Crippen LogP contribution in [0.25, 0.3) is 44.5 Å². The van der Waals surface area contributed by atoms with Crippen LogP contribution in [0.15, 0.2) is 158 Å². The maximum Gasteiger partial charge on any atom is 0.260 e. The van der Waals surface area contributed by atoms with Gasteiger partial charge < -0.3 is 9.47 Å². The topological polar surface area (TPSA) is 31.4 Å². The molecule has 0 bridgehead atoms. The van der Waals surface area contributed by atoms with Crippen LogP contribution in [0.2, 0.25) is 0 Å². The van der Waals surface area contributed by atoms with E-state index in [2.05, 4.69) is 138 Å². The molecule has 2 aliphatic heterocycles. The van der Waals surface area contributed by atoms with Crippen molar-refractivity contribution in [3.05, 3.63) is 158 Å². The van der Waals surface area contributed by atoms with Gasteiger partial charge in [0.25, 0.3) is 6.71 Å². The van der Waals surface area contributed by atoms with Gasteiger partial charge in [0.15, 0.2) is 0 Å². The van der Waals surface area contributed by atoms with Crippen LogP contribution in [-0.4, -0.2) is 11.7 Å². The smallest absolute Gasteiger partial charge is 0.260 e. The van der Waals surface area contributed by atoms with Gasteiger partial charge in [-0.05, 0) is 92.3 Å². The average molecular weight is 575 g/mol. The van der Waals surface area contributed by atoms with Gasteiger partial charge in [0.05, 0.1) is 0 Å². The van der Waals surface area contributed by atoms with Crippen molar-refractivity contribution in [3.8, 4) is 67.5 Å². The van der Waals surface area contributed by atoms with Crippen LogP contribution in [0.3, 0.4) is 0 Å². The van der Waals surface area contributed by atoms with E-state index < -0.39 is 0 Å². The number of fused-ring (bicyclic) bond motifs is 4. The van der Waals surface area contributed by atoms with Crippen LogP contribution < -0.4 is 25.9 Å². The van der Waals surface area contributed by atoms with E-state index in [0.717, 1.165) is 72.8 Å². The van der Waals surface area contributed by atoms with Crippen molar-refractivity contribution in [2.75, 3.05) is 0 Å². The lowest BCUT2D eigenvalue weighted by Crippen LogP contribution is -2.57. The molecule has 45 heavy (non-hydrogen) atoms. The molecule has 4 heteroatoms. The predicted molar refractivity (Wildman–Crippen MR) is 184 cm³/mol. The summed E-state index contributed by atoms with van der Waals surface area (Å²) in [6, 6.07) is 51.1. The second-order valence-corrected chi connectivity index (χ2v) is 11.5. The Labute approximate surface area is 262 Å². The molecule has 0 N–H and O–H groups in total. The maximum absolute atomic E-state index is 6.89. The first kappa shape index (κ1) is 25.6. The normalized spacial score (nSPS) is 12.3. The predicted octanol–water partition coefficient (Wildman–Crippen LogP) is 8.48. The van der Waals surface area contributed by atoms with E-state index in [9.17, 15) is 0 Å². The Balaban J connectivity index is 1.26. The molecule has 0 saturated heterocycles. The number of benzene rings is 6. The minimum Gasteiger partial charge on any atom is -0.458 e. The van der Waals surface area contributed by atoms with Gasteiger partial charge in [0.1, 0.15) is 23.0 Å². The minimum absolute atomic E-state index is 0.0573. The van der Waals surface area contributed by atoms with Crippen LogP contribution in [0.5, 0.6) is 23.0 Å². The highest BCUT2D eigenvalue weighted by Crippen LogP contribution is 2.42. The number of pyridine rings is 1. The van der Waals surface area contributed by atoms with Crippen LogP contribution in [0, 0.1) is 0 Å². The van der Waals surface area contributed by atoms with E-state index in [4.69, 9.17) is 9.47 Å². The van der Waals surface area contributed by atoms with E-state index in [0.29, 0.717) is 0 Å². The summed E-state index contributed by atoms with van der Waals surface area (Å²) in [7, 11) is 0. The molecular weight excluding hydrogens is 549 g/mol. The zero-order valence-corrected chi connectivity index (χ0v) is 24.4. The van der Waals surface area contributed by atoms with Crippen molar-refractivity contribution in [1.82, 2.24) is 4.98 Å². The van der Waals surface area contributed by atoms with E-state index in [1.807, 2.05) is 24.5 Å². The second kappa shape index (κ2) is 10.4. The molecule has 0 spiro atoms. The fraction of sp³-hybridized carbons (Fsp3) is 0. The highest BCUT2D eigenvalue weighted by molar-refractivity contribution is 6.98. The van der Waals surface area contributed by atoms with Crippen molar-refractivity contribution in [1.29, 1.82) is 0 Å². The Bertz CT molecular complexity index is 2160. The minimum atomic E-state index is -0.0573. The summed E-state index contributed by atoms with van der Waals surface area (Å²) in [4.78, 5) is 4.20. The van der Waals surface area contributed by atoms with Gasteiger partial charge >= 0.3 is 0 Å². The first-order valence-corrected chi connectivity index (χ1v) is 15.2. The number of ether oxygens (including phenoxy) is 2. The Morgan fingerprint density at radius 3 is 1.60 bits per heavy atom. The second-order valence-electron chi connectivity index (χ2n) is 11.5. The first-order valence-electron chi connectivity index (χ1n) is 15.2. The summed E-state index contributed by atoms with van der Waals surface area (Å²) in [5.74, 6) is 3.43. The van der Waals surface area contributed by atoms with Crippen molar-refractivity contribution >= 4 is 23.1 Å². The summed E-state index contributed by atoms with van der Waals surface area (Å²) < 4.78 is 13.5. The van der Waals surface area contributed by atoms with Crippen molar-refractivity contribution in [2.45, 2.75) is 0 Å². The molecule has 3 heterocycles. The van der Waals surface area contributed by atoms with E-state index in [1.54, 1.807) is 0 Å². The number of aromatic nitrogens is 1. The number of nitrogens with zero attached hydrogens (tertiary/aromatic N) is 1. The third kappa shape index (κ3) is 4.34. The average Bonchev–Trinajstić information content (AvgIpc) is 3.12. The third-order valence-corrected chi connectivity index (χ3v) is 8.92. The van der Waals surface area contributed by atoms with Crippen molar-refractivity contribution in [2.24, 2.45) is 0 Å². The van der Waals surface area contributed by atoms with Crippen molar-refractivity contribution in [3.63, 3.8) is 0 Å². The largest absolute Gasteiger partial charge is 0.458 e. The highest BCUT2D eigenvalue weighted by atomic mass is 16.5. The Morgan fingerprint density at radius 2 is 0.933 bits per heavy atom. The Hall–Kier alpha value is -5.87. The summed E-state index contributed by atoms with van der Waals surface area (Å²) >= 11 is 0. The number of rotatable bonds is 4. The third-order valence-electron chi connectivity index (χ3n) is 8.92. The molecule has 0 amide bonds. The molecule has 9 rings (SSSR count). The van der Waals surface area contributed by atoms with Gasteiger partial charge in [0, 0.05) is 23.4 Å². The lowest BCUT2D eigenvalue weighted by Gasteiger charge is -2.34. The lowest BCUT2D eigenvalue weighted by atomic mass is 9.34. The quantitative estimate of drug-likeness (QED) is 0.197. The molecular formula is C41H26BNO2. The van der Waals surface area contributed by atoms with Gasteiger partial charge in [-0.15, -0.1) is 0 Å². The molecule has 210 valence electrons. The molecule has 0 radical (unpaired) electrons. The van der Waals surface area contributed by atoms with Crippen molar-refractivity contribution < 1.29 is 9.47 Å². The monoisotopic (exact) mass is 575 g/mol. The SMILES string of the molecule is c1ccc(-c2ccc3c(c2)B2c4cc(-c5ccccc5)ccc4Oc4c(-c5cccc(-c6ccncc6)c5)ccc(c42)O3)cc1. The lowest BCUT2D eigenvalue weighted by molar-refractivity contribution is 0.465. The van der Waals surface area contributed by atoms with Gasteiger partial charge in [-0.2, -0.15) is 0 Å². The van der Waals surface area contributed by atoms with E-state index >= 15 is 0 Å². The van der Waals surface area contributed by atoms with Gasteiger partial charge in [-0.3, -0.25) is 4.98 Å². The number of hydrogen-bond donors (Lipinski definition) is 0. The molecule has 7 aromatic rings. The Morgan fingerprint density at radius 1 is 0.400 bits per heavy atom. The zero-order chi connectivity index (χ0) is 29.7. The van der Waals surface area contributed by atoms with Crippen LogP contribution >= 0.6 is 0 Å². The molecule has 0 aliphatic carbocycles. The molecule has 0 fully saturated rings. The maximum atomic E-state index is 6.89. The van der Waals surface area contributed by atoms with E-state index in [-0.39, 0.29) is 6.71 Å². The molecule has 1 aromatic heterocycles. The van der Waals surface area contributed by atoms with Gasteiger partial charge in [-0.25, -0.2) is 0 Å². The molecule has 2 aliphatic rings. The van der Waals surface area contributed by atoms with Crippen LogP contribution in [0.1, 0.15) is 0 Å². The molecule has 0 saturated carbocycles. The zero-order valence-electron chi connectivity index (χ0n) is 24.4. The summed E-state index contributed by atoms with van der Waals surface area (Å²) in [6.07, 6.45) is 3.66. The fourth-order valence-electron chi connectivity index (χ4n) is 6.75. The summed E-state index contributed by atoms with van der Waals surface area (Å²) in [5, 5.41) is 0. The van der Waals surface area contributed by atoms with Gasteiger partial charge in [0.2, 0.25) is 0 Å². The molecule has 0 atom stereocenters. The molecule has 0 unspecified atom stereocenters. The Kier molecular flexibility index (Phi) is 5.92. The van der Waals surface area contributed by atoms with Crippen LogP contribution in [-0.2, 0) is 0 Å². The summed E-state index contributed by atoms with van der Waals surface area (Å²) in [5.41, 5.74) is 12.4.